The van der Waals surface area contributed by atoms with Crippen LogP contribution < -0.4 is 0 Å². The van der Waals surface area contributed by atoms with Gasteiger partial charge < -0.3 is 9.97 Å². The Morgan fingerprint density at radius 1 is 0.739 bits per heavy atom. The Balaban J connectivity index is 1.46. The van der Waals surface area contributed by atoms with Crippen molar-refractivity contribution < 1.29 is 0 Å². The molecule has 0 amide bonds. The lowest BCUT2D eigenvalue weighted by Crippen LogP contribution is -1.99. The second-order valence-corrected chi connectivity index (χ2v) is 5.44. The lowest BCUT2D eigenvalue weighted by molar-refractivity contribution is 1.35. The number of aromatic amines is 2. The van der Waals surface area contributed by atoms with Gasteiger partial charge in [0.05, 0.1) is 11.4 Å². The molecule has 4 nitrogen and oxygen atoms in total. The minimum Gasteiger partial charge on any atom is -0.362 e. The molecule has 2 aliphatic rings. The average molecular weight is 300 g/mol. The van der Waals surface area contributed by atoms with Gasteiger partial charge in [-0.25, -0.2) is 0 Å². The molecule has 0 unspecified atom stereocenters. The fourth-order valence-electron chi connectivity index (χ4n) is 2.57. The summed E-state index contributed by atoms with van der Waals surface area (Å²) in [5, 5.41) is 0. The first-order chi connectivity index (χ1) is 11.3. The van der Waals surface area contributed by atoms with Crippen LogP contribution in [0.25, 0.3) is 12.2 Å². The minimum atomic E-state index is 0.747. The Bertz CT molecular complexity index is 796. The summed E-state index contributed by atoms with van der Waals surface area (Å²) in [6.07, 6.45) is 16.8. The molecule has 0 bridgehead atoms. The van der Waals surface area contributed by atoms with Gasteiger partial charge in [-0.2, -0.15) is 0 Å². The summed E-state index contributed by atoms with van der Waals surface area (Å²) in [5.41, 5.74) is 6.12. The highest BCUT2D eigenvalue weighted by atomic mass is 14.8. The predicted octanol–water partition coefficient (Wildman–Crippen LogP) is 4.14. The maximum atomic E-state index is 4.63. The van der Waals surface area contributed by atoms with E-state index in [-0.39, 0.29) is 0 Å². The zero-order chi connectivity index (χ0) is 15.5. The van der Waals surface area contributed by atoms with Gasteiger partial charge in [0.2, 0.25) is 0 Å². The van der Waals surface area contributed by atoms with Crippen LogP contribution in [0.1, 0.15) is 17.8 Å². The van der Waals surface area contributed by atoms with Crippen molar-refractivity contribution in [3.05, 3.63) is 83.7 Å². The van der Waals surface area contributed by atoms with Crippen molar-refractivity contribution in [2.75, 3.05) is 0 Å². The summed E-state index contributed by atoms with van der Waals surface area (Å²) in [6, 6.07) is 8.00. The monoisotopic (exact) mass is 300 g/mol. The zero-order valence-electron chi connectivity index (χ0n) is 12.5. The highest BCUT2D eigenvalue weighted by molar-refractivity contribution is 6.16. The normalized spacial score (nSPS) is 19.8. The van der Waals surface area contributed by atoms with E-state index in [1.807, 2.05) is 61.0 Å². The Labute approximate surface area is 134 Å². The molecule has 2 N–H and O–H groups in total. The first-order valence-electron chi connectivity index (χ1n) is 7.57. The number of rotatable bonds is 4. The minimum absolute atomic E-state index is 0.747. The van der Waals surface area contributed by atoms with Gasteiger partial charge in [-0.05, 0) is 60.7 Å². The van der Waals surface area contributed by atoms with Crippen molar-refractivity contribution >= 4 is 23.6 Å². The van der Waals surface area contributed by atoms with Gasteiger partial charge in [0, 0.05) is 41.6 Å². The van der Waals surface area contributed by atoms with Gasteiger partial charge in [0.1, 0.15) is 0 Å². The van der Waals surface area contributed by atoms with Crippen molar-refractivity contribution in [3.63, 3.8) is 0 Å². The maximum absolute atomic E-state index is 4.63. The molecule has 0 spiro atoms. The van der Waals surface area contributed by atoms with Crippen molar-refractivity contribution in [3.8, 4) is 0 Å². The van der Waals surface area contributed by atoms with E-state index in [0.29, 0.717) is 0 Å². The van der Waals surface area contributed by atoms with Crippen LogP contribution in [-0.4, -0.2) is 21.4 Å². The van der Waals surface area contributed by atoms with E-state index in [2.05, 4.69) is 32.1 Å². The fraction of sp³-hybridized carbons (Fsp3) is 0.0526. The van der Waals surface area contributed by atoms with Gasteiger partial charge in [0.15, 0.2) is 0 Å². The van der Waals surface area contributed by atoms with Gasteiger partial charge in [-0.1, -0.05) is 0 Å². The summed E-state index contributed by atoms with van der Waals surface area (Å²) >= 11 is 0. The van der Waals surface area contributed by atoms with Crippen molar-refractivity contribution in [1.29, 1.82) is 0 Å². The van der Waals surface area contributed by atoms with E-state index < -0.39 is 0 Å². The van der Waals surface area contributed by atoms with E-state index >= 15 is 0 Å². The SMILES string of the molecule is C1=C/C(=C\c2ccc[nH]2)N=C1CC1=N/C(=C/c2ccc[nH]2)C=C1. The van der Waals surface area contributed by atoms with E-state index in [1.165, 1.54) is 0 Å². The van der Waals surface area contributed by atoms with Crippen LogP contribution in [0.2, 0.25) is 0 Å². The van der Waals surface area contributed by atoms with Crippen LogP contribution in [0.15, 0.2) is 82.3 Å². The standard InChI is InChI=1S/C19H16N4/c1-3-14(20-9-1)11-16-5-7-18(22-16)13-19-8-6-17(23-19)12-15-4-2-10-21-15/h1-12,20-21H,13H2/b16-11+,17-12+. The smallest absolute Gasteiger partial charge is 0.0654 e. The number of allylic oxidation sites excluding steroid dienone is 4. The fourth-order valence-corrected chi connectivity index (χ4v) is 2.57. The molecular formula is C19H16N4. The van der Waals surface area contributed by atoms with E-state index in [4.69, 9.17) is 0 Å². The van der Waals surface area contributed by atoms with Crippen LogP contribution in [0.4, 0.5) is 0 Å². The Morgan fingerprint density at radius 3 is 1.70 bits per heavy atom. The molecule has 0 saturated carbocycles. The van der Waals surface area contributed by atoms with Crippen LogP contribution >= 0.6 is 0 Å². The molecule has 2 aromatic rings. The lowest BCUT2D eigenvalue weighted by atomic mass is 10.2. The molecule has 0 aromatic carbocycles. The second kappa shape index (κ2) is 5.93. The quantitative estimate of drug-likeness (QED) is 0.853. The second-order valence-electron chi connectivity index (χ2n) is 5.44. The number of nitrogens with one attached hydrogen (secondary N) is 2. The third-order valence-corrected chi connectivity index (χ3v) is 3.65. The summed E-state index contributed by atoms with van der Waals surface area (Å²) in [5.74, 6) is 0. The van der Waals surface area contributed by atoms with Gasteiger partial charge in [-0.3, -0.25) is 9.98 Å². The van der Waals surface area contributed by atoms with Crippen molar-refractivity contribution in [2.45, 2.75) is 6.42 Å². The lowest BCUT2D eigenvalue weighted by Gasteiger charge is -1.96. The maximum Gasteiger partial charge on any atom is 0.0654 e. The summed E-state index contributed by atoms with van der Waals surface area (Å²) in [4.78, 5) is 15.6. The third kappa shape index (κ3) is 3.21. The summed E-state index contributed by atoms with van der Waals surface area (Å²) in [6.45, 7) is 0. The molecule has 4 rings (SSSR count). The van der Waals surface area contributed by atoms with Crippen LogP contribution in [-0.2, 0) is 0 Å². The van der Waals surface area contributed by atoms with Crippen molar-refractivity contribution in [2.24, 2.45) is 9.98 Å². The molecule has 0 aliphatic carbocycles. The molecule has 0 atom stereocenters. The number of hydrogen-bond acceptors (Lipinski definition) is 2. The highest BCUT2D eigenvalue weighted by Gasteiger charge is 2.10. The van der Waals surface area contributed by atoms with E-state index in [9.17, 15) is 0 Å². The first kappa shape index (κ1) is 13.5. The molecule has 2 aliphatic heterocycles. The van der Waals surface area contributed by atoms with Crippen LogP contribution in [0, 0.1) is 0 Å². The number of aromatic nitrogens is 2. The molecule has 4 heterocycles. The topological polar surface area (TPSA) is 56.3 Å². The number of H-pyrrole nitrogens is 2. The number of hydrogen-bond donors (Lipinski definition) is 2. The van der Waals surface area contributed by atoms with Gasteiger partial charge >= 0.3 is 0 Å². The van der Waals surface area contributed by atoms with E-state index in [0.717, 1.165) is 40.6 Å². The van der Waals surface area contributed by atoms with Crippen molar-refractivity contribution in [1.82, 2.24) is 9.97 Å². The highest BCUT2D eigenvalue weighted by Crippen LogP contribution is 2.18. The summed E-state index contributed by atoms with van der Waals surface area (Å²) in [7, 11) is 0. The molecule has 0 radical (unpaired) electrons. The summed E-state index contributed by atoms with van der Waals surface area (Å²) < 4.78 is 0. The molecule has 4 heteroatoms. The first-order valence-corrected chi connectivity index (χ1v) is 7.57. The van der Waals surface area contributed by atoms with Gasteiger partial charge in [0.25, 0.3) is 0 Å². The molecule has 0 fully saturated rings. The Kier molecular flexibility index (Phi) is 3.48. The van der Waals surface area contributed by atoms with Crippen LogP contribution in [0.3, 0.4) is 0 Å². The molecule has 2 aromatic heterocycles. The molecule has 112 valence electrons. The Morgan fingerprint density at radius 2 is 1.26 bits per heavy atom. The molecule has 0 saturated heterocycles. The number of aliphatic imine (C=N–C) groups is 2. The predicted molar refractivity (Wildman–Crippen MR) is 95.3 cm³/mol. The van der Waals surface area contributed by atoms with E-state index in [1.54, 1.807) is 0 Å². The third-order valence-electron chi connectivity index (χ3n) is 3.65. The average Bonchev–Trinajstić information content (AvgIpc) is 3.31. The number of nitrogens with zero attached hydrogens (tertiary/aromatic N) is 2. The Hall–Kier alpha value is -3.14. The van der Waals surface area contributed by atoms with Crippen LogP contribution in [0.5, 0.6) is 0 Å². The zero-order valence-corrected chi connectivity index (χ0v) is 12.5. The van der Waals surface area contributed by atoms with Gasteiger partial charge in [-0.15, -0.1) is 0 Å². The largest absolute Gasteiger partial charge is 0.362 e. The molecular weight excluding hydrogens is 284 g/mol. The molecule has 23 heavy (non-hydrogen) atoms.